The van der Waals surface area contributed by atoms with E-state index in [0.29, 0.717) is 53.4 Å². The lowest BCUT2D eigenvalue weighted by Crippen LogP contribution is -2.50. The van der Waals surface area contributed by atoms with E-state index in [0.717, 1.165) is 29.7 Å². The third kappa shape index (κ3) is 4.40. The quantitative estimate of drug-likeness (QED) is 0.294. The maximum absolute atomic E-state index is 11.9. The first kappa shape index (κ1) is 24.4. The van der Waals surface area contributed by atoms with Gasteiger partial charge in [0.05, 0.1) is 5.39 Å². The Labute approximate surface area is 226 Å². The van der Waals surface area contributed by atoms with E-state index in [9.17, 15) is 4.79 Å². The molecule has 0 spiro atoms. The van der Waals surface area contributed by atoms with E-state index < -0.39 is 5.54 Å². The Balaban J connectivity index is 1.49. The van der Waals surface area contributed by atoms with Gasteiger partial charge in [0.25, 0.3) is 0 Å². The third-order valence-electron chi connectivity index (χ3n) is 7.24. The molecule has 1 aliphatic rings. The molecule has 1 aliphatic heterocycles. The van der Waals surface area contributed by atoms with Crippen LogP contribution in [0.1, 0.15) is 18.4 Å². The Kier molecular flexibility index (Phi) is 6.28. The van der Waals surface area contributed by atoms with Gasteiger partial charge in [-0.2, -0.15) is 5.10 Å². The number of amides is 1. The number of para-hydroxylation sites is 1. The molecule has 1 atom stereocenters. The predicted octanol–water partition coefficient (Wildman–Crippen LogP) is 5.33. The zero-order valence-electron chi connectivity index (χ0n) is 21.3. The number of hydrogen-bond donors (Lipinski definition) is 1. The number of nitrogens with zero attached hydrogens (tertiary/aromatic N) is 5. The summed E-state index contributed by atoms with van der Waals surface area (Å²) >= 11 is 0. The van der Waals surface area contributed by atoms with Gasteiger partial charge >= 0.3 is 0 Å². The molecule has 2 aromatic heterocycles. The van der Waals surface area contributed by atoms with Gasteiger partial charge in [0, 0.05) is 18.7 Å². The molecule has 6 rings (SSSR count). The summed E-state index contributed by atoms with van der Waals surface area (Å²) in [5.74, 6) is 1.77. The normalized spacial score (nSPS) is 17.2. The largest absolute Gasteiger partial charge is 0.457 e. The summed E-state index contributed by atoms with van der Waals surface area (Å²) in [5.41, 5.74) is 9.12. The molecular formula is C31H27N6O2. The van der Waals surface area contributed by atoms with Gasteiger partial charge < -0.3 is 15.4 Å². The number of aromatic nitrogens is 4. The second kappa shape index (κ2) is 10.1. The smallest absolute Gasteiger partial charge is 0.209 e. The highest BCUT2D eigenvalue weighted by molar-refractivity contribution is 5.98. The SMILES string of the molecule is [CH]=C(c1ccccc1)C1(n2nc(-c3ccc(Oc4ccccc4)cc3)c3c(N)ncnc32)CCCN(C=O)C1. The first-order chi connectivity index (χ1) is 19.1. The van der Waals surface area contributed by atoms with Gasteiger partial charge in [-0.05, 0) is 60.4 Å². The van der Waals surface area contributed by atoms with E-state index in [1.165, 1.54) is 6.33 Å². The molecule has 0 aliphatic carbocycles. The molecule has 1 unspecified atom stereocenters. The van der Waals surface area contributed by atoms with Crippen LogP contribution < -0.4 is 10.5 Å². The Hall–Kier alpha value is -4.98. The van der Waals surface area contributed by atoms with Crippen LogP contribution in [-0.2, 0) is 10.3 Å². The number of rotatable bonds is 7. The number of anilines is 1. The molecule has 1 radical (unpaired) electrons. The van der Waals surface area contributed by atoms with Gasteiger partial charge in [0.15, 0.2) is 5.65 Å². The summed E-state index contributed by atoms with van der Waals surface area (Å²) < 4.78 is 7.82. The van der Waals surface area contributed by atoms with Crippen LogP contribution in [0.5, 0.6) is 11.5 Å². The lowest BCUT2D eigenvalue weighted by atomic mass is 9.79. The molecule has 1 saturated heterocycles. The Morgan fingerprint density at radius 3 is 2.36 bits per heavy atom. The van der Waals surface area contributed by atoms with Crippen molar-refractivity contribution in [1.82, 2.24) is 24.6 Å². The van der Waals surface area contributed by atoms with E-state index in [-0.39, 0.29) is 0 Å². The molecule has 1 amide bonds. The third-order valence-corrected chi connectivity index (χ3v) is 7.24. The Morgan fingerprint density at radius 1 is 0.949 bits per heavy atom. The van der Waals surface area contributed by atoms with E-state index in [2.05, 4.69) is 9.97 Å². The van der Waals surface area contributed by atoms with Crippen LogP contribution in [-0.4, -0.2) is 44.1 Å². The molecule has 193 valence electrons. The van der Waals surface area contributed by atoms with Crippen LogP contribution in [0.4, 0.5) is 5.82 Å². The van der Waals surface area contributed by atoms with Crippen molar-refractivity contribution in [3.05, 3.63) is 103 Å². The molecular weight excluding hydrogens is 488 g/mol. The summed E-state index contributed by atoms with van der Waals surface area (Å²) in [6, 6.07) is 27.0. The number of likely N-dealkylation sites (tertiary alicyclic amines) is 1. The molecule has 8 nitrogen and oxygen atoms in total. The minimum atomic E-state index is -0.825. The fourth-order valence-electron chi connectivity index (χ4n) is 5.33. The molecule has 0 saturated carbocycles. The van der Waals surface area contributed by atoms with Crippen molar-refractivity contribution in [2.24, 2.45) is 0 Å². The highest BCUT2D eigenvalue weighted by Crippen LogP contribution is 2.43. The molecule has 1 fully saturated rings. The monoisotopic (exact) mass is 515 g/mol. The topological polar surface area (TPSA) is 99.2 Å². The van der Waals surface area contributed by atoms with Crippen molar-refractivity contribution in [2.75, 3.05) is 18.8 Å². The molecule has 3 aromatic carbocycles. The zero-order valence-corrected chi connectivity index (χ0v) is 21.3. The highest BCUT2D eigenvalue weighted by atomic mass is 16.5. The summed E-state index contributed by atoms with van der Waals surface area (Å²) in [6.07, 6.45) is 3.74. The first-order valence-electron chi connectivity index (χ1n) is 12.8. The maximum atomic E-state index is 11.9. The van der Waals surface area contributed by atoms with Gasteiger partial charge in [-0.25, -0.2) is 14.6 Å². The minimum Gasteiger partial charge on any atom is -0.457 e. The fourth-order valence-corrected chi connectivity index (χ4v) is 5.33. The van der Waals surface area contributed by atoms with E-state index in [4.69, 9.17) is 22.1 Å². The first-order valence-corrected chi connectivity index (χ1v) is 12.8. The molecule has 39 heavy (non-hydrogen) atoms. The zero-order chi connectivity index (χ0) is 26.8. The lowest BCUT2D eigenvalue weighted by molar-refractivity contribution is -0.120. The van der Waals surface area contributed by atoms with Crippen LogP contribution in [0.25, 0.3) is 27.9 Å². The number of ether oxygens (including phenoxy) is 1. The Morgan fingerprint density at radius 2 is 1.64 bits per heavy atom. The standard InChI is InChI=1S/C31H27N6O2/c1-22(23-9-4-2-5-10-23)31(17-8-18-36(19-31)21-38)37-30-27(29(32)33-20-34-30)28(35-37)24-13-15-26(16-14-24)39-25-11-6-3-7-12-25/h1-7,9-16,20-21H,8,17-19H2,(H2,32,33,34). The van der Waals surface area contributed by atoms with Crippen LogP contribution in [0.15, 0.2) is 91.3 Å². The summed E-state index contributed by atoms with van der Waals surface area (Å²) in [4.78, 5) is 22.6. The average molecular weight is 516 g/mol. The number of nitrogens with two attached hydrogens (primary N) is 1. The molecule has 0 bridgehead atoms. The summed E-state index contributed by atoms with van der Waals surface area (Å²) in [6.45, 7) is 7.96. The second-order valence-electron chi connectivity index (χ2n) is 9.65. The van der Waals surface area contributed by atoms with Gasteiger partial charge in [-0.15, -0.1) is 0 Å². The van der Waals surface area contributed by atoms with Crippen molar-refractivity contribution in [2.45, 2.75) is 18.4 Å². The van der Waals surface area contributed by atoms with E-state index >= 15 is 0 Å². The van der Waals surface area contributed by atoms with Crippen molar-refractivity contribution in [3.8, 4) is 22.8 Å². The average Bonchev–Trinajstić information content (AvgIpc) is 3.40. The van der Waals surface area contributed by atoms with Gasteiger partial charge in [-0.1, -0.05) is 55.1 Å². The number of carbonyl (C=O) groups is 1. The second-order valence-corrected chi connectivity index (χ2v) is 9.65. The summed E-state index contributed by atoms with van der Waals surface area (Å²) in [7, 11) is 0. The van der Waals surface area contributed by atoms with Crippen molar-refractivity contribution < 1.29 is 9.53 Å². The van der Waals surface area contributed by atoms with Crippen molar-refractivity contribution in [1.29, 1.82) is 0 Å². The molecule has 2 N–H and O–H groups in total. The summed E-state index contributed by atoms with van der Waals surface area (Å²) in [5, 5.41) is 5.73. The molecule has 8 heteroatoms. The lowest BCUT2D eigenvalue weighted by Gasteiger charge is -2.43. The van der Waals surface area contributed by atoms with Crippen molar-refractivity contribution in [3.63, 3.8) is 0 Å². The van der Waals surface area contributed by atoms with Crippen molar-refractivity contribution >= 4 is 28.8 Å². The fraction of sp³-hybridized carbons (Fsp3) is 0.161. The number of hydrogen-bond acceptors (Lipinski definition) is 6. The van der Waals surface area contributed by atoms with Crippen LogP contribution in [0.2, 0.25) is 0 Å². The van der Waals surface area contributed by atoms with Crippen LogP contribution in [0.3, 0.4) is 0 Å². The van der Waals surface area contributed by atoms with Crippen LogP contribution in [0, 0.1) is 6.58 Å². The van der Waals surface area contributed by atoms with Gasteiger partial charge in [0.2, 0.25) is 6.41 Å². The van der Waals surface area contributed by atoms with E-state index in [1.807, 2.05) is 89.6 Å². The van der Waals surface area contributed by atoms with Gasteiger partial charge in [-0.3, -0.25) is 4.79 Å². The number of piperidine rings is 1. The van der Waals surface area contributed by atoms with E-state index in [1.54, 1.807) is 4.90 Å². The highest BCUT2D eigenvalue weighted by Gasteiger charge is 2.43. The number of carbonyl (C=O) groups excluding carboxylic acids is 1. The van der Waals surface area contributed by atoms with Crippen LogP contribution >= 0.6 is 0 Å². The number of fused-ring (bicyclic) bond motifs is 1. The van der Waals surface area contributed by atoms with Gasteiger partial charge in [0.1, 0.15) is 34.9 Å². The number of nitrogen functional groups attached to an aromatic ring is 1. The number of benzene rings is 3. The predicted molar refractivity (Wildman–Crippen MR) is 151 cm³/mol. The molecule has 3 heterocycles. The Bertz CT molecular complexity index is 1630. The maximum Gasteiger partial charge on any atom is 0.209 e. The minimum absolute atomic E-state index is 0.322. The molecule has 5 aromatic rings.